The number of halogens is 1. The van der Waals surface area contributed by atoms with Crippen molar-refractivity contribution >= 4 is 44.6 Å². The van der Waals surface area contributed by atoms with Gasteiger partial charge in [-0.25, -0.2) is 8.42 Å². The lowest BCUT2D eigenvalue weighted by atomic mass is 10.1. The van der Waals surface area contributed by atoms with Crippen LogP contribution in [0.3, 0.4) is 0 Å². The van der Waals surface area contributed by atoms with Crippen molar-refractivity contribution in [2.75, 3.05) is 23.3 Å². The second-order valence-electron chi connectivity index (χ2n) is 7.40. The number of hydrogen-bond acceptors (Lipinski definition) is 6. The SMILES string of the molecule is COc1ccc(N(CC(=O)Nc2cccc([N+](=O)[O-])c2C)S(=O)(=O)c2ccc(C)cc2)cc1Cl. The van der Waals surface area contributed by atoms with Crippen LogP contribution in [0.15, 0.2) is 65.6 Å². The molecule has 3 aromatic rings. The summed E-state index contributed by atoms with van der Waals surface area (Å²) in [6, 6.07) is 14.8. The van der Waals surface area contributed by atoms with E-state index in [1.807, 2.05) is 6.92 Å². The fraction of sp³-hybridized carbons (Fsp3) is 0.174. The van der Waals surface area contributed by atoms with E-state index in [1.54, 1.807) is 12.1 Å². The van der Waals surface area contributed by atoms with E-state index in [0.29, 0.717) is 5.75 Å². The maximum atomic E-state index is 13.5. The van der Waals surface area contributed by atoms with Crippen molar-refractivity contribution < 1.29 is 22.9 Å². The van der Waals surface area contributed by atoms with Gasteiger partial charge in [0, 0.05) is 6.07 Å². The van der Waals surface area contributed by atoms with Crippen LogP contribution in [0, 0.1) is 24.0 Å². The molecule has 0 spiro atoms. The summed E-state index contributed by atoms with van der Waals surface area (Å²) in [6.07, 6.45) is 0. The molecule has 1 N–H and O–H groups in total. The van der Waals surface area contributed by atoms with E-state index in [0.717, 1.165) is 9.87 Å². The molecule has 0 aliphatic heterocycles. The van der Waals surface area contributed by atoms with E-state index in [1.165, 1.54) is 62.6 Å². The molecule has 0 atom stereocenters. The molecular weight excluding hydrogens is 482 g/mol. The summed E-state index contributed by atoms with van der Waals surface area (Å²) < 4.78 is 33.0. The van der Waals surface area contributed by atoms with E-state index in [4.69, 9.17) is 16.3 Å². The van der Waals surface area contributed by atoms with Gasteiger partial charge in [-0.05, 0) is 50.2 Å². The highest BCUT2D eigenvalue weighted by molar-refractivity contribution is 7.92. The molecule has 178 valence electrons. The molecule has 0 radical (unpaired) electrons. The largest absolute Gasteiger partial charge is 0.495 e. The first-order chi connectivity index (χ1) is 16.0. The number of sulfonamides is 1. The minimum absolute atomic E-state index is 0.00984. The molecule has 0 bridgehead atoms. The topological polar surface area (TPSA) is 119 Å². The molecule has 0 aromatic heterocycles. The first-order valence-electron chi connectivity index (χ1n) is 10.0. The Morgan fingerprint density at radius 3 is 2.38 bits per heavy atom. The monoisotopic (exact) mass is 503 g/mol. The second kappa shape index (κ2) is 10.1. The Bertz CT molecular complexity index is 1340. The van der Waals surface area contributed by atoms with Crippen molar-refractivity contribution in [2.45, 2.75) is 18.7 Å². The van der Waals surface area contributed by atoms with Crippen molar-refractivity contribution in [3.8, 4) is 5.75 Å². The van der Waals surface area contributed by atoms with Gasteiger partial charge < -0.3 is 10.1 Å². The first-order valence-corrected chi connectivity index (χ1v) is 11.8. The lowest BCUT2D eigenvalue weighted by Gasteiger charge is -2.25. The van der Waals surface area contributed by atoms with E-state index >= 15 is 0 Å². The number of ether oxygens (including phenoxy) is 1. The summed E-state index contributed by atoms with van der Waals surface area (Å²) in [5.41, 5.74) is 1.32. The van der Waals surface area contributed by atoms with Crippen LogP contribution in [-0.4, -0.2) is 32.9 Å². The Kier molecular flexibility index (Phi) is 7.43. The van der Waals surface area contributed by atoms with Gasteiger partial charge >= 0.3 is 0 Å². The number of aryl methyl sites for hydroxylation is 1. The van der Waals surface area contributed by atoms with E-state index in [2.05, 4.69) is 5.32 Å². The Balaban J connectivity index is 2.00. The fourth-order valence-electron chi connectivity index (χ4n) is 3.24. The predicted molar refractivity (Wildman–Crippen MR) is 130 cm³/mol. The highest BCUT2D eigenvalue weighted by atomic mass is 35.5. The van der Waals surface area contributed by atoms with Crippen LogP contribution < -0.4 is 14.4 Å². The molecule has 3 aromatic carbocycles. The minimum atomic E-state index is -4.16. The maximum absolute atomic E-state index is 13.5. The van der Waals surface area contributed by atoms with Gasteiger partial charge in [0.05, 0.1) is 38.9 Å². The number of hydrogen-bond donors (Lipinski definition) is 1. The van der Waals surface area contributed by atoms with Crippen LogP contribution in [0.25, 0.3) is 0 Å². The Morgan fingerprint density at radius 1 is 1.12 bits per heavy atom. The number of amides is 1. The molecule has 3 rings (SSSR count). The van der Waals surface area contributed by atoms with Crippen molar-refractivity contribution in [1.29, 1.82) is 0 Å². The van der Waals surface area contributed by atoms with Crippen LogP contribution in [0.2, 0.25) is 5.02 Å². The number of nitro benzene ring substituents is 1. The van der Waals surface area contributed by atoms with Gasteiger partial charge in [-0.1, -0.05) is 35.4 Å². The zero-order valence-corrected chi connectivity index (χ0v) is 20.2. The van der Waals surface area contributed by atoms with E-state index in [-0.39, 0.29) is 32.5 Å². The molecule has 11 heteroatoms. The standard InChI is InChI=1S/C23H22ClN3O6S/c1-15-7-10-18(11-8-15)34(31,32)26(17-9-12-22(33-3)19(24)13-17)14-23(28)25-20-5-4-6-21(16(20)2)27(29)30/h4-13H,14H2,1-3H3,(H,25,28). The molecule has 0 unspecified atom stereocenters. The van der Waals surface area contributed by atoms with Crippen LogP contribution in [-0.2, 0) is 14.8 Å². The highest BCUT2D eigenvalue weighted by Crippen LogP contribution is 2.32. The molecule has 0 saturated carbocycles. The zero-order chi connectivity index (χ0) is 25.0. The summed E-state index contributed by atoms with van der Waals surface area (Å²) in [6.45, 7) is 2.73. The molecule has 0 aliphatic rings. The number of anilines is 2. The Morgan fingerprint density at radius 2 is 1.79 bits per heavy atom. The molecule has 0 fully saturated rings. The number of nitrogens with zero attached hydrogens (tertiary/aromatic N) is 2. The van der Waals surface area contributed by atoms with E-state index in [9.17, 15) is 23.3 Å². The molecule has 9 nitrogen and oxygen atoms in total. The molecule has 34 heavy (non-hydrogen) atoms. The lowest BCUT2D eigenvalue weighted by molar-refractivity contribution is -0.385. The molecule has 0 aliphatic carbocycles. The molecular formula is C23H22ClN3O6S. The summed E-state index contributed by atoms with van der Waals surface area (Å²) >= 11 is 6.21. The molecule has 0 saturated heterocycles. The summed E-state index contributed by atoms with van der Waals surface area (Å²) in [5, 5.41) is 13.9. The maximum Gasteiger partial charge on any atom is 0.274 e. The van der Waals surface area contributed by atoms with Crippen LogP contribution in [0.5, 0.6) is 5.75 Å². The number of carbonyl (C=O) groups is 1. The third-order valence-electron chi connectivity index (χ3n) is 5.10. The van der Waals surface area contributed by atoms with Crippen molar-refractivity contribution in [3.63, 3.8) is 0 Å². The quantitative estimate of drug-likeness (QED) is 0.351. The summed E-state index contributed by atoms with van der Waals surface area (Å²) in [7, 11) is -2.73. The average Bonchev–Trinajstić information content (AvgIpc) is 2.79. The van der Waals surface area contributed by atoms with Gasteiger partial charge in [0.2, 0.25) is 5.91 Å². The third-order valence-corrected chi connectivity index (χ3v) is 7.18. The average molecular weight is 504 g/mol. The Hall–Kier alpha value is -3.63. The predicted octanol–water partition coefficient (Wildman–Crippen LogP) is 4.71. The number of methoxy groups -OCH3 is 1. The van der Waals surface area contributed by atoms with Crippen molar-refractivity contribution in [3.05, 3.63) is 86.9 Å². The van der Waals surface area contributed by atoms with Gasteiger partial charge in [0.15, 0.2) is 0 Å². The normalized spacial score (nSPS) is 11.1. The van der Waals surface area contributed by atoms with Crippen molar-refractivity contribution in [2.24, 2.45) is 0 Å². The lowest BCUT2D eigenvalue weighted by Crippen LogP contribution is -2.38. The van der Waals surface area contributed by atoms with Crippen LogP contribution in [0.1, 0.15) is 11.1 Å². The molecule has 0 heterocycles. The van der Waals surface area contributed by atoms with Gasteiger partial charge in [-0.2, -0.15) is 0 Å². The zero-order valence-electron chi connectivity index (χ0n) is 18.6. The highest BCUT2D eigenvalue weighted by Gasteiger charge is 2.28. The fourth-order valence-corrected chi connectivity index (χ4v) is 4.90. The number of benzene rings is 3. The summed E-state index contributed by atoms with van der Waals surface area (Å²) in [4.78, 5) is 23.6. The molecule has 1 amide bonds. The van der Waals surface area contributed by atoms with Crippen LogP contribution in [0.4, 0.5) is 17.1 Å². The van der Waals surface area contributed by atoms with Crippen LogP contribution >= 0.6 is 11.6 Å². The first kappa shape index (κ1) is 25.0. The number of rotatable bonds is 8. The summed E-state index contributed by atoms with van der Waals surface area (Å²) in [5.74, 6) is -0.346. The van der Waals surface area contributed by atoms with Gasteiger partial charge in [-0.3, -0.25) is 19.2 Å². The number of carbonyl (C=O) groups excluding carboxylic acids is 1. The Labute approximate surface area is 202 Å². The smallest absolute Gasteiger partial charge is 0.274 e. The number of nitro groups is 1. The van der Waals surface area contributed by atoms with Gasteiger partial charge in [0.25, 0.3) is 15.7 Å². The minimum Gasteiger partial charge on any atom is -0.495 e. The second-order valence-corrected chi connectivity index (χ2v) is 9.67. The third kappa shape index (κ3) is 5.29. The van der Waals surface area contributed by atoms with Crippen molar-refractivity contribution in [1.82, 2.24) is 0 Å². The van der Waals surface area contributed by atoms with Gasteiger partial charge in [-0.15, -0.1) is 0 Å². The number of nitrogens with one attached hydrogen (secondary N) is 1. The van der Waals surface area contributed by atoms with E-state index < -0.39 is 27.4 Å². The van der Waals surface area contributed by atoms with Gasteiger partial charge in [0.1, 0.15) is 12.3 Å².